The van der Waals surface area contributed by atoms with Gasteiger partial charge in [-0.2, -0.15) is 0 Å². The average molecular weight is 269 g/mol. The molecule has 1 aliphatic rings. The van der Waals surface area contributed by atoms with Crippen LogP contribution in [0.5, 0.6) is 0 Å². The van der Waals surface area contributed by atoms with Crippen molar-refractivity contribution < 1.29 is 4.79 Å². The van der Waals surface area contributed by atoms with Gasteiger partial charge in [0.1, 0.15) is 0 Å². The van der Waals surface area contributed by atoms with Crippen molar-refractivity contribution in [3.8, 4) is 0 Å². The number of amides is 1. The predicted molar refractivity (Wildman–Crippen MR) is 80.4 cm³/mol. The number of para-hydroxylation sites is 1. The van der Waals surface area contributed by atoms with Crippen molar-refractivity contribution in [2.24, 2.45) is 11.7 Å². The van der Waals surface area contributed by atoms with E-state index in [1.807, 2.05) is 37.3 Å². The minimum atomic E-state index is -0.0276. The number of aryl methyl sites for hydroxylation is 1. The van der Waals surface area contributed by atoms with Gasteiger partial charge in [0.05, 0.1) is 11.2 Å². The molecule has 1 fully saturated rings. The number of pyridine rings is 1. The first-order valence-electron chi connectivity index (χ1n) is 7.05. The molecule has 0 saturated heterocycles. The van der Waals surface area contributed by atoms with E-state index in [-0.39, 0.29) is 11.9 Å². The topological polar surface area (TPSA) is 68.0 Å². The number of nitrogens with two attached hydrogens (primary N) is 1. The number of nitrogens with one attached hydrogen (secondary N) is 1. The van der Waals surface area contributed by atoms with Crippen molar-refractivity contribution in [2.45, 2.75) is 32.2 Å². The van der Waals surface area contributed by atoms with Gasteiger partial charge in [-0.1, -0.05) is 18.2 Å². The summed E-state index contributed by atoms with van der Waals surface area (Å²) in [6, 6.07) is 9.78. The van der Waals surface area contributed by atoms with E-state index in [4.69, 9.17) is 5.73 Å². The van der Waals surface area contributed by atoms with Gasteiger partial charge in [-0.25, -0.2) is 0 Å². The molecule has 1 amide bonds. The van der Waals surface area contributed by atoms with E-state index in [9.17, 15) is 4.79 Å². The van der Waals surface area contributed by atoms with Crippen molar-refractivity contribution >= 4 is 22.5 Å². The summed E-state index contributed by atoms with van der Waals surface area (Å²) in [6.07, 6.45) is 2.69. The maximum Gasteiger partial charge on any atom is 0.226 e. The van der Waals surface area contributed by atoms with Crippen LogP contribution < -0.4 is 11.1 Å². The number of carbonyl (C=O) groups excluding carboxylic acids is 1. The van der Waals surface area contributed by atoms with Crippen LogP contribution in [0.25, 0.3) is 10.9 Å². The number of fused-ring (bicyclic) bond motifs is 1. The zero-order valence-electron chi connectivity index (χ0n) is 11.6. The van der Waals surface area contributed by atoms with E-state index in [1.165, 1.54) is 0 Å². The summed E-state index contributed by atoms with van der Waals surface area (Å²) in [5, 5.41) is 3.97. The van der Waals surface area contributed by atoms with Crippen LogP contribution in [-0.4, -0.2) is 16.9 Å². The van der Waals surface area contributed by atoms with Crippen molar-refractivity contribution in [3.63, 3.8) is 0 Å². The summed E-state index contributed by atoms with van der Waals surface area (Å²) >= 11 is 0. The highest BCUT2D eigenvalue weighted by atomic mass is 16.1. The van der Waals surface area contributed by atoms with Gasteiger partial charge in [0.25, 0.3) is 0 Å². The summed E-state index contributed by atoms with van der Waals surface area (Å²) in [4.78, 5) is 16.6. The zero-order valence-corrected chi connectivity index (χ0v) is 11.6. The maximum absolute atomic E-state index is 12.1. The van der Waals surface area contributed by atoms with E-state index in [0.717, 1.165) is 35.1 Å². The number of rotatable bonds is 4. The Kier molecular flexibility index (Phi) is 3.40. The summed E-state index contributed by atoms with van der Waals surface area (Å²) in [5.41, 5.74) is 8.53. The third-order valence-corrected chi connectivity index (χ3v) is 3.78. The number of hydrogen-bond donors (Lipinski definition) is 2. The molecule has 4 nitrogen and oxygen atoms in total. The van der Waals surface area contributed by atoms with E-state index >= 15 is 0 Å². The second-order valence-corrected chi connectivity index (χ2v) is 5.58. The number of hydrogen-bond acceptors (Lipinski definition) is 3. The third kappa shape index (κ3) is 2.80. The van der Waals surface area contributed by atoms with Crippen LogP contribution in [0.2, 0.25) is 0 Å². The van der Waals surface area contributed by atoms with Gasteiger partial charge >= 0.3 is 0 Å². The summed E-state index contributed by atoms with van der Waals surface area (Å²) < 4.78 is 0. The summed E-state index contributed by atoms with van der Waals surface area (Å²) in [5.74, 6) is 0.508. The molecule has 0 bridgehead atoms. The molecular formula is C16H19N3O. The smallest absolute Gasteiger partial charge is 0.226 e. The second-order valence-electron chi connectivity index (χ2n) is 5.58. The van der Waals surface area contributed by atoms with E-state index < -0.39 is 0 Å². The molecule has 3 rings (SSSR count). The van der Waals surface area contributed by atoms with Crippen molar-refractivity contribution in [1.29, 1.82) is 0 Å². The Labute approximate surface area is 118 Å². The minimum absolute atomic E-state index is 0.0142. The Hall–Kier alpha value is -1.94. The number of anilines is 1. The highest BCUT2D eigenvalue weighted by Crippen LogP contribution is 2.33. The van der Waals surface area contributed by atoms with E-state index in [1.54, 1.807) is 0 Å². The lowest BCUT2D eigenvalue weighted by Gasteiger charge is -2.12. The fourth-order valence-corrected chi connectivity index (χ4v) is 2.45. The van der Waals surface area contributed by atoms with Gasteiger partial charge in [-0.15, -0.1) is 0 Å². The standard InChI is InChI=1S/C16H19N3O/c1-10-5-6-12-3-2-4-14(16(12)18-10)19-15(20)9-13(17)11-7-8-11/h2-6,11,13H,7-9,17H2,1H3,(H,19,20). The van der Waals surface area contributed by atoms with E-state index in [0.29, 0.717) is 12.3 Å². The van der Waals surface area contributed by atoms with Gasteiger partial charge in [-0.05, 0) is 37.8 Å². The van der Waals surface area contributed by atoms with Gasteiger partial charge < -0.3 is 11.1 Å². The van der Waals surface area contributed by atoms with Gasteiger partial charge in [-0.3, -0.25) is 9.78 Å². The molecule has 1 saturated carbocycles. The quantitative estimate of drug-likeness (QED) is 0.896. The Morgan fingerprint density at radius 1 is 1.40 bits per heavy atom. The number of carbonyl (C=O) groups is 1. The molecule has 1 atom stereocenters. The van der Waals surface area contributed by atoms with Crippen molar-refractivity contribution in [2.75, 3.05) is 5.32 Å². The zero-order chi connectivity index (χ0) is 14.1. The molecule has 3 N–H and O–H groups in total. The third-order valence-electron chi connectivity index (χ3n) is 3.78. The Bertz CT molecular complexity index is 649. The van der Waals surface area contributed by atoms with Crippen molar-refractivity contribution in [1.82, 2.24) is 4.98 Å². The molecule has 0 aliphatic heterocycles. The molecule has 1 aliphatic carbocycles. The second kappa shape index (κ2) is 5.21. The monoisotopic (exact) mass is 269 g/mol. The Morgan fingerprint density at radius 3 is 2.95 bits per heavy atom. The Balaban J connectivity index is 1.79. The molecule has 1 aromatic carbocycles. The Morgan fingerprint density at radius 2 is 2.20 bits per heavy atom. The van der Waals surface area contributed by atoms with Gasteiger partial charge in [0.15, 0.2) is 0 Å². The van der Waals surface area contributed by atoms with Crippen LogP contribution in [0.4, 0.5) is 5.69 Å². The first-order valence-corrected chi connectivity index (χ1v) is 7.05. The predicted octanol–water partition coefficient (Wildman–Crippen LogP) is 2.61. The minimum Gasteiger partial charge on any atom is -0.327 e. The number of nitrogens with zero attached hydrogens (tertiary/aromatic N) is 1. The fraction of sp³-hybridized carbons (Fsp3) is 0.375. The van der Waals surface area contributed by atoms with Crippen LogP contribution in [0.3, 0.4) is 0 Å². The molecule has 2 aromatic rings. The SMILES string of the molecule is Cc1ccc2cccc(NC(=O)CC(N)C3CC3)c2n1. The van der Waals surface area contributed by atoms with Crippen LogP contribution in [0.1, 0.15) is 25.0 Å². The molecular weight excluding hydrogens is 250 g/mol. The first-order chi connectivity index (χ1) is 9.63. The van der Waals surface area contributed by atoms with Crippen LogP contribution >= 0.6 is 0 Å². The summed E-state index contributed by atoms with van der Waals surface area (Å²) in [6.45, 7) is 1.95. The molecule has 1 heterocycles. The van der Waals surface area contributed by atoms with Crippen molar-refractivity contribution in [3.05, 3.63) is 36.0 Å². The molecule has 0 spiro atoms. The lowest BCUT2D eigenvalue weighted by molar-refractivity contribution is -0.116. The highest BCUT2D eigenvalue weighted by Gasteiger charge is 2.29. The summed E-state index contributed by atoms with van der Waals surface area (Å²) in [7, 11) is 0. The average Bonchev–Trinajstić information content (AvgIpc) is 3.23. The molecule has 1 unspecified atom stereocenters. The van der Waals surface area contributed by atoms with Crippen LogP contribution in [0.15, 0.2) is 30.3 Å². The van der Waals surface area contributed by atoms with Crippen LogP contribution in [-0.2, 0) is 4.79 Å². The number of aromatic nitrogens is 1. The fourth-order valence-electron chi connectivity index (χ4n) is 2.45. The van der Waals surface area contributed by atoms with E-state index in [2.05, 4.69) is 10.3 Å². The van der Waals surface area contributed by atoms with Crippen LogP contribution in [0, 0.1) is 12.8 Å². The molecule has 4 heteroatoms. The first kappa shape index (κ1) is 13.1. The largest absolute Gasteiger partial charge is 0.327 e. The lowest BCUT2D eigenvalue weighted by Crippen LogP contribution is -2.28. The molecule has 0 radical (unpaired) electrons. The van der Waals surface area contributed by atoms with Gasteiger partial charge in [0.2, 0.25) is 5.91 Å². The highest BCUT2D eigenvalue weighted by molar-refractivity contribution is 6.00. The molecule has 20 heavy (non-hydrogen) atoms. The van der Waals surface area contributed by atoms with Gasteiger partial charge in [0, 0.05) is 23.5 Å². The molecule has 1 aromatic heterocycles. The normalized spacial score (nSPS) is 16.1. The molecule has 104 valence electrons. The number of benzene rings is 1. The maximum atomic E-state index is 12.1. The lowest BCUT2D eigenvalue weighted by atomic mass is 10.1.